The second-order valence-electron chi connectivity index (χ2n) is 5.10. The number of esters is 1. The third-order valence-corrected chi connectivity index (χ3v) is 7.09. The molecule has 0 unspecified atom stereocenters. The zero-order valence-electron chi connectivity index (χ0n) is 12.9. The van der Waals surface area contributed by atoms with E-state index >= 15 is 0 Å². The van der Waals surface area contributed by atoms with Crippen molar-refractivity contribution in [1.82, 2.24) is 9.88 Å². The summed E-state index contributed by atoms with van der Waals surface area (Å²) in [6.45, 7) is 1.07. The molecule has 1 aliphatic heterocycles. The number of thioether (sulfide) groups is 2. The van der Waals surface area contributed by atoms with Crippen molar-refractivity contribution in [3.63, 3.8) is 0 Å². The lowest BCUT2D eigenvalue weighted by Gasteiger charge is -2.30. The van der Waals surface area contributed by atoms with Crippen LogP contribution in [0.5, 0.6) is 0 Å². The fourth-order valence-corrected chi connectivity index (χ4v) is 5.55. The number of fused-ring (bicyclic) bond motifs is 1. The molecule has 1 aromatic carbocycles. The van der Waals surface area contributed by atoms with Gasteiger partial charge in [0.15, 0.2) is 4.34 Å². The average molecular weight is 403 g/mol. The van der Waals surface area contributed by atoms with Crippen LogP contribution in [0.3, 0.4) is 0 Å². The zero-order chi connectivity index (χ0) is 17.1. The highest BCUT2D eigenvalue weighted by Gasteiger charge is 2.29. The molecule has 0 radical (unpaired) electrons. The largest absolute Gasteiger partial charge is 0.468 e. The minimum absolute atomic E-state index is 0.0199. The fraction of sp³-hybridized carbons (Fsp3) is 0.400. The van der Waals surface area contributed by atoms with E-state index in [0.29, 0.717) is 23.9 Å². The van der Waals surface area contributed by atoms with Gasteiger partial charge in [-0.3, -0.25) is 9.59 Å². The van der Waals surface area contributed by atoms with Gasteiger partial charge in [0.2, 0.25) is 5.91 Å². The molecule has 128 valence electrons. The van der Waals surface area contributed by atoms with Gasteiger partial charge < -0.3 is 9.64 Å². The van der Waals surface area contributed by atoms with E-state index < -0.39 is 0 Å². The Bertz CT molecular complexity index is 768. The van der Waals surface area contributed by atoms with Crippen LogP contribution in [0.25, 0.3) is 10.2 Å². The normalized spacial score (nSPS) is 17.9. The molecule has 24 heavy (non-hydrogen) atoms. The topological polar surface area (TPSA) is 59.5 Å². The van der Waals surface area contributed by atoms with E-state index in [1.807, 2.05) is 18.2 Å². The van der Waals surface area contributed by atoms with Gasteiger partial charge in [-0.2, -0.15) is 0 Å². The summed E-state index contributed by atoms with van der Waals surface area (Å²) in [5, 5.41) is 0.363. The van der Waals surface area contributed by atoms with Crippen LogP contribution in [0.4, 0.5) is 0 Å². The Hall–Kier alpha value is -0.960. The Kier molecular flexibility index (Phi) is 5.91. The number of carbonyl (C=O) groups excluding carboxylic acids is 2. The second kappa shape index (κ2) is 7.95. The van der Waals surface area contributed by atoms with Gasteiger partial charge in [0.1, 0.15) is 5.25 Å². The van der Waals surface area contributed by atoms with Gasteiger partial charge in [0, 0.05) is 23.9 Å². The quantitative estimate of drug-likeness (QED) is 0.578. The maximum absolute atomic E-state index is 12.4. The molecule has 0 N–H and O–H groups in total. The van der Waals surface area contributed by atoms with E-state index in [2.05, 4.69) is 4.98 Å². The van der Waals surface area contributed by atoms with Crippen LogP contribution in [0.1, 0.15) is 0 Å². The van der Waals surface area contributed by atoms with Gasteiger partial charge in [-0.05, 0) is 18.2 Å². The monoisotopic (exact) mass is 402 g/mol. The van der Waals surface area contributed by atoms with Gasteiger partial charge in [-0.1, -0.05) is 23.4 Å². The lowest BCUT2D eigenvalue weighted by molar-refractivity contribution is -0.141. The van der Waals surface area contributed by atoms with Crippen molar-refractivity contribution in [2.24, 2.45) is 0 Å². The molecule has 1 saturated heterocycles. The van der Waals surface area contributed by atoms with E-state index in [-0.39, 0.29) is 17.1 Å². The lowest BCUT2D eigenvalue weighted by atomic mass is 10.3. The van der Waals surface area contributed by atoms with Crippen molar-refractivity contribution >= 4 is 68.6 Å². The summed E-state index contributed by atoms with van der Waals surface area (Å²) < 4.78 is 6.66. The van der Waals surface area contributed by atoms with Crippen molar-refractivity contribution in [1.29, 1.82) is 0 Å². The van der Waals surface area contributed by atoms with Crippen molar-refractivity contribution in [2.45, 2.75) is 9.59 Å². The highest BCUT2D eigenvalue weighted by atomic mass is 35.5. The number of methoxy groups -OCH3 is 1. The van der Waals surface area contributed by atoms with Crippen LogP contribution in [-0.4, -0.2) is 58.7 Å². The van der Waals surface area contributed by atoms with Crippen molar-refractivity contribution in [3.8, 4) is 0 Å². The average Bonchev–Trinajstić information content (AvgIpc) is 3.01. The zero-order valence-corrected chi connectivity index (χ0v) is 16.1. The van der Waals surface area contributed by atoms with Crippen LogP contribution in [0, 0.1) is 0 Å². The van der Waals surface area contributed by atoms with Crippen LogP contribution in [0.15, 0.2) is 22.5 Å². The summed E-state index contributed by atoms with van der Waals surface area (Å²) >= 11 is 10.5. The summed E-state index contributed by atoms with van der Waals surface area (Å²) in [6.07, 6.45) is 0. The number of amides is 1. The summed E-state index contributed by atoms with van der Waals surface area (Å²) in [5.41, 5.74) is 0.850. The number of hydrogen-bond donors (Lipinski definition) is 0. The molecule has 1 fully saturated rings. The van der Waals surface area contributed by atoms with Crippen molar-refractivity contribution in [2.75, 3.05) is 31.7 Å². The third-order valence-electron chi connectivity index (χ3n) is 3.53. The predicted molar refractivity (Wildman–Crippen MR) is 100 cm³/mol. The van der Waals surface area contributed by atoms with E-state index in [4.69, 9.17) is 16.3 Å². The number of nitrogens with zero attached hydrogens (tertiary/aromatic N) is 2. The molecule has 3 rings (SSSR count). The Morgan fingerprint density at radius 1 is 1.50 bits per heavy atom. The van der Waals surface area contributed by atoms with E-state index in [9.17, 15) is 9.59 Å². The summed E-state index contributed by atoms with van der Waals surface area (Å²) in [4.78, 5) is 30.3. The number of rotatable bonds is 4. The maximum atomic E-state index is 12.4. The molecule has 2 aromatic rings. The first kappa shape index (κ1) is 17.8. The Morgan fingerprint density at radius 2 is 2.33 bits per heavy atom. The molecule has 0 saturated carbocycles. The SMILES string of the molecule is COC(=O)[C@H]1CN(C(=O)CSc2nc3cc(Cl)ccc3s2)CCS1. The van der Waals surface area contributed by atoms with Gasteiger partial charge in [0.25, 0.3) is 0 Å². The van der Waals surface area contributed by atoms with Crippen LogP contribution in [0.2, 0.25) is 5.02 Å². The number of halogens is 1. The number of thiazole rings is 1. The Labute approximate surface area is 157 Å². The summed E-state index contributed by atoms with van der Waals surface area (Å²) in [7, 11) is 1.37. The van der Waals surface area contributed by atoms with Crippen molar-refractivity contribution < 1.29 is 14.3 Å². The lowest BCUT2D eigenvalue weighted by Crippen LogP contribution is -2.45. The van der Waals surface area contributed by atoms with Crippen molar-refractivity contribution in [3.05, 3.63) is 23.2 Å². The Balaban J connectivity index is 1.59. The molecule has 1 aromatic heterocycles. The first-order chi connectivity index (χ1) is 11.6. The highest BCUT2D eigenvalue weighted by molar-refractivity contribution is 8.01. The van der Waals surface area contributed by atoms with E-state index in [0.717, 1.165) is 20.3 Å². The first-order valence-corrected chi connectivity index (χ1v) is 10.5. The molecule has 1 atom stereocenters. The first-order valence-electron chi connectivity index (χ1n) is 7.23. The maximum Gasteiger partial charge on any atom is 0.320 e. The molecule has 5 nitrogen and oxygen atoms in total. The molecule has 1 amide bonds. The second-order valence-corrected chi connectivity index (χ2v) is 9.10. The predicted octanol–water partition coefficient (Wildman–Crippen LogP) is 3.16. The van der Waals surface area contributed by atoms with Crippen LogP contribution in [-0.2, 0) is 14.3 Å². The smallest absolute Gasteiger partial charge is 0.320 e. The van der Waals surface area contributed by atoms with Gasteiger partial charge in [-0.25, -0.2) is 4.98 Å². The molecule has 1 aliphatic rings. The summed E-state index contributed by atoms with van der Waals surface area (Å²) in [6, 6.07) is 5.59. The van der Waals surface area contributed by atoms with Gasteiger partial charge in [-0.15, -0.1) is 23.1 Å². The van der Waals surface area contributed by atoms with E-state index in [1.54, 1.807) is 16.2 Å². The van der Waals surface area contributed by atoms with E-state index in [1.165, 1.54) is 30.6 Å². The fourth-order valence-electron chi connectivity index (χ4n) is 2.31. The Morgan fingerprint density at radius 3 is 3.12 bits per heavy atom. The number of ether oxygens (including phenoxy) is 1. The number of benzene rings is 1. The molecule has 9 heteroatoms. The molecule has 2 heterocycles. The number of aromatic nitrogens is 1. The van der Waals surface area contributed by atoms with Gasteiger partial charge in [0.05, 0.1) is 23.1 Å². The molecular formula is C15H15ClN2O3S3. The minimum Gasteiger partial charge on any atom is -0.468 e. The standard InChI is InChI=1S/C15H15ClN2O3S3/c1-21-14(20)12-7-18(4-5-22-12)13(19)8-23-15-17-10-6-9(16)2-3-11(10)24-15/h2-3,6,12H,4-5,7-8H2,1H3/t12-/m1/s1. The molecule has 0 bridgehead atoms. The molecular weight excluding hydrogens is 388 g/mol. The number of hydrogen-bond acceptors (Lipinski definition) is 7. The number of carbonyl (C=O) groups is 2. The van der Waals surface area contributed by atoms with Crippen LogP contribution < -0.4 is 0 Å². The summed E-state index contributed by atoms with van der Waals surface area (Å²) in [5.74, 6) is 0.807. The van der Waals surface area contributed by atoms with Gasteiger partial charge >= 0.3 is 5.97 Å². The molecule has 0 aliphatic carbocycles. The highest BCUT2D eigenvalue weighted by Crippen LogP contribution is 2.31. The minimum atomic E-state index is -0.290. The molecule has 0 spiro atoms. The third kappa shape index (κ3) is 4.17. The van der Waals surface area contributed by atoms with Crippen LogP contribution >= 0.6 is 46.5 Å².